The molecule has 3 heterocycles. The molecule has 9 heteroatoms. The highest BCUT2D eigenvalue weighted by atomic mass is 19.4. The molecule has 1 amide bonds. The number of carbonyl (C=O) groups excluding carboxylic acids is 1. The molecule has 2 aliphatic rings. The molecule has 1 N–H and O–H groups in total. The largest absolute Gasteiger partial charge is 0.497 e. The molecule has 0 fully saturated rings. The molecule has 2 atom stereocenters. The lowest BCUT2D eigenvalue weighted by Gasteiger charge is -2.35. The molecule has 0 radical (unpaired) electrons. The molecule has 172 valence electrons. The highest BCUT2D eigenvalue weighted by Crippen LogP contribution is 2.45. The smallest absolute Gasteiger partial charge is 0.410 e. The van der Waals surface area contributed by atoms with Crippen LogP contribution in [0.2, 0.25) is 0 Å². The second-order valence-electron chi connectivity index (χ2n) is 8.31. The van der Waals surface area contributed by atoms with Crippen LogP contribution in [0.3, 0.4) is 0 Å². The Morgan fingerprint density at radius 2 is 2.00 bits per heavy atom. The summed E-state index contributed by atoms with van der Waals surface area (Å²) in [5.74, 6) is 0.283. The zero-order chi connectivity index (χ0) is 23.2. The quantitative estimate of drug-likeness (QED) is 0.593. The number of anilines is 2. The monoisotopic (exact) mass is 456 g/mol. The van der Waals surface area contributed by atoms with E-state index in [4.69, 9.17) is 4.74 Å². The number of rotatable bonds is 3. The number of fused-ring (bicyclic) bond motifs is 2. The van der Waals surface area contributed by atoms with E-state index in [1.54, 1.807) is 29.2 Å². The molecule has 5 rings (SSSR count). The number of aryl methyl sites for hydroxylation is 1. The fourth-order valence-corrected chi connectivity index (χ4v) is 4.69. The van der Waals surface area contributed by atoms with Gasteiger partial charge in [0, 0.05) is 18.7 Å². The summed E-state index contributed by atoms with van der Waals surface area (Å²) in [6, 6.07) is 12.0. The van der Waals surface area contributed by atoms with Gasteiger partial charge in [-0.2, -0.15) is 18.3 Å². The van der Waals surface area contributed by atoms with E-state index < -0.39 is 18.3 Å². The number of halogens is 3. The SMILES string of the molecule is COc1cccc([C@H]2C[C@@H](C(F)(F)F)n3ncc(C(=O)N4CCCc5ccccc54)c3N2)c1. The number of alkyl halides is 3. The van der Waals surface area contributed by atoms with Crippen LogP contribution < -0.4 is 15.0 Å². The molecule has 6 nitrogen and oxygen atoms in total. The number of hydrogen-bond donors (Lipinski definition) is 1. The van der Waals surface area contributed by atoms with Crippen molar-refractivity contribution in [1.82, 2.24) is 9.78 Å². The summed E-state index contributed by atoms with van der Waals surface area (Å²) in [6.07, 6.45) is -1.87. The third-order valence-electron chi connectivity index (χ3n) is 6.32. The molecule has 0 saturated carbocycles. The van der Waals surface area contributed by atoms with Gasteiger partial charge in [-0.05, 0) is 42.2 Å². The van der Waals surface area contributed by atoms with E-state index in [1.165, 1.54) is 13.3 Å². The number of amides is 1. The number of para-hydroxylation sites is 1. The van der Waals surface area contributed by atoms with Crippen molar-refractivity contribution in [1.29, 1.82) is 0 Å². The number of hydrogen-bond acceptors (Lipinski definition) is 4. The van der Waals surface area contributed by atoms with Gasteiger partial charge in [0.25, 0.3) is 5.91 Å². The van der Waals surface area contributed by atoms with Gasteiger partial charge in [0.2, 0.25) is 0 Å². The van der Waals surface area contributed by atoms with Crippen LogP contribution in [0.1, 0.15) is 46.4 Å². The first-order chi connectivity index (χ1) is 15.9. The number of benzene rings is 2. The van der Waals surface area contributed by atoms with E-state index in [0.717, 1.165) is 28.8 Å². The van der Waals surface area contributed by atoms with Crippen LogP contribution in [0.25, 0.3) is 0 Å². The lowest BCUT2D eigenvalue weighted by molar-refractivity contribution is -0.173. The Morgan fingerprint density at radius 3 is 2.79 bits per heavy atom. The van der Waals surface area contributed by atoms with Crippen LogP contribution >= 0.6 is 0 Å². The van der Waals surface area contributed by atoms with Crippen molar-refractivity contribution in [2.24, 2.45) is 0 Å². The third-order valence-corrected chi connectivity index (χ3v) is 6.32. The normalized spacial score (nSPS) is 19.9. The van der Waals surface area contributed by atoms with Crippen molar-refractivity contribution >= 4 is 17.4 Å². The second-order valence-corrected chi connectivity index (χ2v) is 8.31. The van der Waals surface area contributed by atoms with Gasteiger partial charge in [0.1, 0.15) is 17.1 Å². The van der Waals surface area contributed by atoms with Crippen LogP contribution in [0, 0.1) is 0 Å². The average Bonchev–Trinajstić information content (AvgIpc) is 3.26. The highest BCUT2D eigenvalue weighted by Gasteiger charge is 2.47. The first-order valence-corrected chi connectivity index (χ1v) is 10.8. The first kappa shape index (κ1) is 21.4. The summed E-state index contributed by atoms with van der Waals surface area (Å²) in [6.45, 7) is 0.502. The number of nitrogens with zero attached hydrogens (tertiary/aromatic N) is 3. The van der Waals surface area contributed by atoms with E-state index >= 15 is 0 Å². The van der Waals surface area contributed by atoms with Gasteiger partial charge in [0.05, 0.1) is 19.3 Å². The zero-order valence-corrected chi connectivity index (χ0v) is 18.0. The Kier molecular flexibility index (Phi) is 5.26. The van der Waals surface area contributed by atoms with Crippen molar-refractivity contribution in [3.05, 3.63) is 71.4 Å². The minimum Gasteiger partial charge on any atom is -0.497 e. The standard InChI is InChI=1S/C24H23F3N4O2/c1-33-17-9-4-7-16(12-17)19-13-21(24(25,26)27)31-22(29-19)18(14-28-31)23(32)30-11-5-8-15-6-2-3-10-20(15)30/h2-4,6-7,9-10,12,14,19,21,29H,5,8,11,13H2,1H3/t19-,21+/m1/s1. The molecule has 33 heavy (non-hydrogen) atoms. The predicted molar refractivity (Wildman–Crippen MR) is 118 cm³/mol. The Morgan fingerprint density at radius 1 is 1.18 bits per heavy atom. The highest BCUT2D eigenvalue weighted by molar-refractivity contribution is 6.09. The molecule has 3 aromatic rings. The third kappa shape index (κ3) is 3.81. The van der Waals surface area contributed by atoms with Crippen molar-refractivity contribution in [3.63, 3.8) is 0 Å². The molecule has 0 aliphatic carbocycles. The van der Waals surface area contributed by atoms with Crippen molar-refractivity contribution < 1.29 is 22.7 Å². The Hall–Kier alpha value is -3.49. The van der Waals surface area contributed by atoms with Gasteiger partial charge < -0.3 is 15.0 Å². The summed E-state index contributed by atoms with van der Waals surface area (Å²) in [5, 5.41) is 7.16. The minimum atomic E-state index is -4.52. The van der Waals surface area contributed by atoms with Gasteiger partial charge in [-0.3, -0.25) is 4.79 Å². The van der Waals surface area contributed by atoms with Crippen molar-refractivity contribution in [3.8, 4) is 5.75 Å². The van der Waals surface area contributed by atoms with Crippen LogP contribution in [0.4, 0.5) is 24.7 Å². The number of methoxy groups -OCH3 is 1. The van der Waals surface area contributed by atoms with Crippen LogP contribution in [-0.4, -0.2) is 35.5 Å². The minimum absolute atomic E-state index is 0.0875. The van der Waals surface area contributed by atoms with Crippen LogP contribution in [0.15, 0.2) is 54.7 Å². The van der Waals surface area contributed by atoms with Gasteiger partial charge in [-0.15, -0.1) is 0 Å². The molecular weight excluding hydrogens is 433 g/mol. The maximum Gasteiger partial charge on any atom is 0.410 e. The summed E-state index contributed by atoms with van der Waals surface area (Å²) in [4.78, 5) is 15.2. The molecule has 0 bridgehead atoms. The maximum atomic E-state index is 14.0. The second kappa shape index (κ2) is 8.13. The van der Waals surface area contributed by atoms with Crippen molar-refractivity contribution in [2.45, 2.75) is 37.5 Å². The molecular formula is C24H23F3N4O2. The zero-order valence-electron chi connectivity index (χ0n) is 18.0. The number of ether oxygens (including phenoxy) is 1. The van der Waals surface area contributed by atoms with Gasteiger partial charge in [0.15, 0.2) is 6.04 Å². The molecule has 2 aliphatic heterocycles. The molecule has 0 unspecified atom stereocenters. The van der Waals surface area contributed by atoms with E-state index in [2.05, 4.69) is 10.4 Å². The van der Waals surface area contributed by atoms with E-state index in [9.17, 15) is 18.0 Å². The average molecular weight is 456 g/mol. The van der Waals surface area contributed by atoms with E-state index in [-0.39, 0.29) is 23.7 Å². The summed E-state index contributed by atoms with van der Waals surface area (Å²) in [7, 11) is 1.51. The fourth-order valence-electron chi connectivity index (χ4n) is 4.69. The first-order valence-electron chi connectivity index (χ1n) is 10.8. The van der Waals surface area contributed by atoms with Crippen LogP contribution in [0.5, 0.6) is 5.75 Å². The summed E-state index contributed by atoms with van der Waals surface area (Å²) < 4.78 is 48.2. The number of carbonyl (C=O) groups is 1. The number of nitrogens with one attached hydrogen (secondary N) is 1. The molecule has 2 aromatic carbocycles. The summed E-state index contributed by atoms with van der Waals surface area (Å²) in [5.41, 5.74) is 2.63. The Balaban J connectivity index is 1.55. The van der Waals surface area contributed by atoms with E-state index in [0.29, 0.717) is 17.9 Å². The topological polar surface area (TPSA) is 59.4 Å². The van der Waals surface area contributed by atoms with Gasteiger partial charge in [-0.1, -0.05) is 30.3 Å². The lowest BCUT2D eigenvalue weighted by atomic mass is 9.96. The number of aromatic nitrogens is 2. The predicted octanol–water partition coefficient (Wildman–Crippen LogP) is 5.15. The maximum absolute atomic E-state index is 14.0. The van der Waals surface area contributed by atoms with Gasteiger partial charge >= 0.3 is 6.18 Å². The molecule has 0 spiro atoms. The molecule has 0 saturated heterocycles. The van der Waals surface area contributed by atoms with Gasteiger partial charge in [-0.25, -0.2) is 4.68 Å². The van der Waals surface area contributed by atoms with Crippen molar-refractivity contribution in [2.75, 3.05) is 23.9 Å². The Bertz CT molecular complexity index is 1190. The van der Waals surface area contributed by atoms with Crippen LogP contribution in [-0.2, 0) is 6.42 Å². The molecule has 1 aromatic heterocycles. The Labute approximate surface area is 189 Å². The fraction of sp³-hybridized carbons (Fsp3) is 0.333. The lowest BCUT2D eigenvalue weighted by Crippen LogP contribution is -2.38. The van der Waals surface area contributed by atoms with E-state index in [1.807, 2.05) is 24.3 Å². The summed E-state index contributed by atoms with van der Waals surface area (Å²) >= 11 is 0.